The first-order valence-electron chi connectivity index (χ1n) is 6.71. The number of carbonyl (C=O) groups excluding carboxylic acids is 1. The molecule has 1 fully saturated rings. The molecule has 0 aliphatic carbocycles. The Morgan fingerprint density at radius 1 is 1.45 bits per heavy atom. The van der Waals surface area contributed by atoms with E-state index in [1.54, 1.807) is 18.2 Å². The van der Waals surface area contributed by atoms with E-state index in [-0.39, 0.29) is 11.8 Å². The van der Waals surface area contributed by atoms with Gasteiger partial charge in [-0.1, -0.05) is 34.0 Å². The second kappa shape index (κ2) is 6.09. The largest absolute Gasteiger partial charge is 0.338 e. The molecular weight excluding hydrogens is 306 g/mol. The van der Waals surface area contributed by atoms with Crippen LogP contribution in [0.5, 0.6) is 0 Å². The van der Waals surface area contributed by atoms with E-state index in [2.05, 4.69) is 15.2 Å². The molecule has 2 aromatic rings. The van der Waals surface area contributed by atoms with Crippen LogP contribution in [0.4, 0.5) is 5.88 Å². The number of aromatic nitrogens is 1. The van der Waals surface area contributed by atoms with E-state index >= 15 is 0 Å². The normalized spacial score (nSPS) is 17.6. The fourth-order valence-electron chi connectivity index (χ4n) is 2.42. The summed E-state index contributed by atoms with van der Waals surface area (Å²) in [5.74, 6) is 0.350. The molecule has 1 aromatic heterocycles. The van der Waals surface area contributed by atoms with Gasteiger partial charge in [0.1, 0.15) is 5.69 Å². The highest BCUT2D eigenvalue weighted by molar-refractivity contribution is 6.30. The van der Waals surface area contributed by atoms with Crippen molar-refractivity contribution in [2.75, 3.05) is 18.0 Å². The van der Waals surface area contributed by atoms with Crippen LogP contribution in [0.2, 0.25) is 5.02 Å². The molecule has 112 valence electrons. The molecule has 1 saturated heterocycles. The average molecular weight is 318 g/mol. The highest BCUT2D eigenvalue weighted by Crippen LogP contribution is 2.29. The Labute approximate surface area is 131 Å². The van der Waals surface area contributed by atoms with Crippen LogP contribution in [0.15, 0.2) is 40.0 Å². The summed E-state index contributed by atoms with van der Waals surface area (Å²) in [7, 11) is 0. The van der Waals surface area contributed by atoms with Gasteiger partial charge in [-0.3, -0.25) is 9.69 Å². The maximum Gasteiger partial charge on any atom is 0.234 e. The number of azide groups is 1. The first kappa shape index (κ1) is 14.4. The zero-order valence-corrected chi connectivity index (χ0v) is 12.3. The van der Waals surface area contributed by atoms with Crippen LogP contribution in [0.1, 0.15) is 6.42 Å². The van der Waals surface area contributed by atoms with Gasteiger partial charge in [0.15, 0.2) is 0 Å². The third-order valence-corrected chi connectivity index (χ3v) is 3.76. The molecule has 1 aromatic carbocycles. The summed E-state index contributed by atoms with van der Waals surface area (Å²) in [5.41, 5.74) is 9.84. The first-order valence-corrected chi connectivity index (χ1v) is 7.09. The molecule has 1 unspecified atom stereocenters. The van der Waals surface area contributed by atoms with E-state index in [4.69, 9.17) is 21.7 Å². The van der Waals surface area contributed by atoms with Gasteiger partial charge in [-0.25, -0.2) is 0 Å². The predicted molar refractivity (Wildman–Crippen MR) is 81.4 cm³/mol. The zero-order valence-electron chi connectivity index (χ0n) is 11.5. The summed E-state index contributed by atoms with van der Waals surface area (Å²) in [5, 5.41) is 8.15. The lowest BCUT2D eigenvalue weighted by atomic mass is 10.1. The van der Waals surface area contributed by atoms with E-state index in [0.29, 0.717) is 36.1 Å². The molecule has 22 heavy (non-hydrogen) atoms. The van der Waals surface area contributed by atoms with Gasteiger partial charge in [-0.05, 0) is 23.6 Å². The van der Waals surface area contributed by atoms with Crippen LogP contribution in [0.3, 0.4) is 0 Å². The Hall–Kier alpha value is -2.50. The van der Waals surface area contributed by atoms with Crippen molar-refractivity contribution in [2.24, 2.45) is 11.0 Å². The summed E-state index contributed by atoms with van der Waals surface area (Å²) < 4.78 is 5.28. The number of carbonyl (C=O) groups is 1. The second-order valence-corrected chi connectivity index (χ2v) is 5.48. The number of anilines is 1. The molecule has 0 saturated carbocycles. The number of nitrogens with zero attached hydrogens (tertiary/aromatic N) is 5. The fourth-order valence-corrected chi connectivity index (χ4v) is 2.54. The van der Waals surface area contributed by atoms with Gasteiger partial charge in [0.05, 0.1) is 0 Å². The van der Waals surface area contributed by atoms with Crippen LogP contribution in [0.25, 0.3) is 21.7 Å². The van der Waals surface area contributed by atoms with Crippen LogP contribution >= 0.6 is 11.6 Å². The number of amides is 1. The molecule has 0 bridgehead atoms. The van der Waals surface area contributed by atoms with E-state index in [1.807, 2.05) is 12.1 Å². The topological polar surface area (TPSA) is 95.1 Å². The molecule has 1 aliphatic rings. The number of hydrogen-bond donors (Lipinski definition) is 0. The van der Waals surface area contributed by atoms with Crippen molar-refractivity contribution in [1.82, 2.24) is 5.16 Å². The summed E-state index contributed by atoms with van der Waals surface area (Å²) in [4.78, 5) is 16.3. The van der Waals surface area contributed by atoms with E-state index in [9.17, 15) is 4.79 Å². The van der Waals surface area contributed by atoms with Gasteiger partial charge in [0.2, 0.25) is 11.8 Å². The van der Waals surface area contributed by atoms with Crippen molar-refractivity contribution in [2.45, 2.75) is 6.42 Å². The summed E-state index contributed by atoms with van der Waals surface area (Å²) in [6.07, 6.45) is 0.343. The Kier molecular flexibility index (Phi) is 4.00. The standard InChI is InChI=1S/C14H12ClN5O2/c15-11-3-1-10(2-4-11)12-6-14(22-18-12)20-8-9(5-13(20)21)7-17-19-16/h1-4,6,9H,5,7-8H2. The van der Waals surface area contributed by atoms with Gasteiger partial charge in [0.25, 0.3) is 0 Å². The van der Waals surface area contributed by atoms with Crippen LogP contribution in [0, 0.1) is 5.92 Å². The molecule has 0 spiro atoms. The Morgan fingerprint density at radius 3 is 2.95 bits per heavy atom. The molecule has 1 amide bonds. The highest BCUT2D eigenvalue weighted by atomic mass is 35.5. The van der Waals surface area contributed by atoms with Crippen molar-refractivity contribution < 1.29 is 9.32 Å². The molecule has 1 aliphatic heterocycles. The Bertz CT molecular complexity index is 736. The van der Waals surface area contributed by atoms with Gasteiger partial charge >= 0.3 is 0 Å². The van der Waals surface area contributed by atoms with Crippen molar-refractivity contribution in [3.05, 3.63) is 45.8 Å². The predicted octanol–water partition coefficient (Wildman–Crippen LogP) is 3.66. The smallest absolute Gasteiger partial charge is 0.234 e. The van der Waals surface area contributed by atoms with Gasteiger partial charge in [-0.15, -0.1) is 0 Å². The number of benzene rings is 1. The van der Waals surface area contributed by atoms with Gasteiger partial charge in [-0.2, -0.15) is 0 Å². The van der Waals surface area contributed by atoms with E-state index in [1.165, 1.54) is 4.90 Å². The number of hydrogen-bond acceptors (Lipinski definition) is 4. The zero-order chi connectivity index (χ0) is 15.5. The van der Waals surface area contributed by atoms with Crippen LogP contribution in [-0.2, 0) is 4.79 Å². The lowest BCUT2D eigenvalue weighted by Gasteiger charge is -2.10. The minimum atomic E-state index is -0.0584. The summed E-state index contributed by atoms with van der Waals surface area (Å²) >= 11 is 5.85. The molecule has 1 atom stereocenters. The average Bonchev–Trinajstić information content (AvgIpc) is 3.12. The molecular formula is C14H12ClN5O2. The molecule has 2 heterocycles. The van der Waals surface area contributed by atoms with E-state index < -0.39 is 0 Å². The first-order chi connectivity index (χ1) is 10.7. The quantitative estimate of drug-likeness (QED) is 0.489. The SMILES string of the molecule is [N-]=[N+]=NCC1CC(=O)N(c2cc(-c3ccc(Cl)cc3)no2)C1. The third-order valence-electron chi connectivity index (χ3n) is 3.51. The van der Waals surface area contributed by atoms with E-state index in [0.717, 1.165) is 5.56 Å². The minimum Gasteiger partial charge on any atom is -0.338 e. The lowest BCUT2D eigenvalue weighted by Crippen LogP contribution is -2.24. The third kappa shape index (κ3) is 2.90. The van der Waals surface area contributed by atoms with Crippen LogP contribution in [-0.4, -0.2) is 24.2 Å². The van der Waals surface area contributed by atoms with Crippen molar-refractivity contribution >= 4 is 23.4 Å². The maximum atomic E-state index is 12.0. The number of rotatable bonds is 4. The van der Waals surface area contributed by atoms with Crippen molar-refractivity contribution in [3.8, 4) is 11.3 Å². The van der Waals surface area contributed by atoms with Gasteiger partial charge in [0, 0.05) is 41.1 Å². The molecule has 7 nitrogen and oxygen atoms in total. The fraction of sp³-hybridized carbons (Fsp3) is 0.286. The Morgan fingerprint density at radius 2 is 2.23 bits per heavy atom. The molecule has 0 radical (unpaired) electrons. The molecule has 8 heteroatoms. The van der Waals surface area contributed by atoms with Crippen molar-refractivity contribution in [1.29, 1.82) is 0 Å². The Balaban J connectivity index is 1.77. The highest BCUT2D eigenvalue weighted by Gasteiger charge is 2.32. The lowest BCUT2D eigenvalue weighted by molar-refractivity contribution is -0.117. The van der Waals surface area contributed by atoms with Crippen molar-refractivity contribution in [3.63, 3.8) is 0 Å². The van der Waals surface area contributed by atoms with Gasteiger partial charge < -0.3 is 4.52 Å². The number of halogens is 1. The molecule has 3 rings (SSSR count). The summed E-state index contributed by atoms with van der Waals surface area (Å²) in [6.45, 7) is 0.768. The maximum absolute atomic E-state index is 12.0. The second-order valence-electron chi connectivity index (χ2n) is 5.05. The molecule has 0 N–H and O–H groups in total. The summed E-state index contributed by atoms with van der Waals surface area (Å²) in [6, 6.07) is 8.92. The minimum absolute atomic E-state index is 0.00693. The monoisotopic (exact) mass is 317 g/mol. The van der Waals surface area contributed by atoms with Crippen LogP contribution < -0.4 is 4.90 Å².